The van der Waals surface area contributed by atoms with Crippen LogP contribution in [-0.2, 0) is 35.0 Å². The van der Waals surface area contributed by atoms with Gasteiger partial charge in [-0.2, -0.15) is 0 Å². The number of aromatic nitrogens is 1. The Labute approximate surface area is 331 Å². The van der Waals surface area contributed by atoms with Gasteiger partial charge in [-0.15, -0.1) is 0 Å². The normalized spacial score (nSPS) is 13.1. The van der Waals surface area contributed by atoms with Crippen LogP contribution in [-0.4, -0.2) is 72.7 Å². The van der Waals surface area contributed by atoms with Gasteiger partial charge in [0.1, 0.15) is 17.3 Å². The Balaban J connectivity index is 1.63. The van der Waals surface area contributed by atoms with Crippen molar-refractivity contribution in [1.82, 2.24) is 15.6 Å². The number of benzene rings is 2. The van der Waals surface area contributed by atoms with Crippen LogP contribution in [0.4, 0.5) is 4.79 Å². The highest BCUT2D eigenvalue weighted by molar-refractivity contribution is 6.08. The van der Waals surface area contributed by atoms with E-state index in [1.165, 1.54) is 51.3 Å². The van der Waals surface area contributed by atoms with Gasteiger partial charge < -0.3 is 29.0 Å². The molecule has 15 heteroatoms. The number of nitrogens with zero attached hydrogens (tertiary/aromatic N) is 1. The number of hydrogen-bond donors (Lipinski definition) is 3. The summed E-state index contributed by atoms with van der Waals surface area (Å²) in [5, 5.41) is 13.4. The Morgan fingerprint density at radius 3 is 2.02 bits per heavy atom. The van der Waals surface area contributed by atoms with Gasteiger partial charge in [-0.3, -0.25) is 29.9 Å². The number of nitrogens with one attached hydrogen (secondary N) is 3. The van der Waals surface area contributed by atoms with Crippen LogP contribution >= 0.6 is 0 Å². The third kappa shape index (κ3) is 12.1. The Bertz CT molecular complexity index is 2040. The molecule has 4 rings (SSSR count). The molecule has 2 aromatic carbocycles. The predicted octanol–water partition coefficient (Wildman–Crippen LogP) is 6.26. The van der Waals surface area contributed by atoms with Crippen LogP contribution in [0.1, 0.15) is 102 Å². The lowest BCUT2D eigenvalue weighted by atomic mass is 9.90. The van der Waals surface area contributed by atoms with Gasteiger partial charge in [0.15, 0.2) is 11.5 Å². The molecule has 15 nitrogen and oxygen atoms in total. The van der Waals surface area contributed by atoms with Crippen molar-refractivity contribution in [3.05, 3.63) is 88.8 Å². The quantitative estimate of drug-likeness (QED) is 0.0455. The van der Waals surface area contributed by atoms with Crippen LogP contribution in [0.2, 0.25) is 0 Å². The molecule has 0 bridgehead atoms. The van der Waals surface area contributed by atoms with E-state index in [-0.39, 0.29) is 46.1 Å². The van der Waals surface area contributed by atoms with Crippen molar-refractivity contribution in [1.29, 1.82) is 5.41 Å². The van der Waals surface area contributed by atoms with Gasteiger partial charge in [-0.05, 0) is 54.2 Å². The van der Waals surface area contributed by atoms with Crippen LogP contribution in [0.5, 0.6) is 5.75 Å². The lowest BCUT2D eigenvalue weighted by molar-refractivity contribution is -0.170. The minimum atomic E-state index is -1.29. The number of amides is 2. The fourth-order valence-corrected chi connectivity index (χ4v) is 5.27. The van der Waals surface area contributed by atoms with E-state index in [4.69, 9.17) is 29.1 Å². The summed E-state index contributed by atoms with van der Waals surface area (Å²) in [6.07, 6.45) is -0.0577. The first-order chi connectivity index (χ1) is 27.0. The monoisotopic (exact) mass is 784 g/mol. The summed E-state index contributed by atoms with van der Waals surface area (Å²) in [5.74, 6) is -3.48. The summed E-state index contributed by atoms with van der Waals surface area (Å²) in [4.78, 5) is 81.7. The second-order valence-electron chi connectivity index (χ2n) is 14.0. The van der Waals surface area contributed by atoms with Crippen molar-refractivity contribution in [2.45, 2.75) is 73.4 Å². The van der Waals surface area contributed by atoms with Gasteiger partial charge in [0.05, 0.1) is 18.9 Å². The molecular formula is C42H48N4O11. The fourth-order valence-electron chi connectivity index (χ4n) is 5.27. The zero-order valence-electron chi connectivity index (χ0n) is 33.1. The van der Waals surface area contributed by atoms with Gasteiger partial charge in [0.2, 0.25) is 12.6 Å². The van der Waals surface area contributed by atoms with Crippen LogP contribution in [0.3, 0.4) is 0 Å². The number of pyridine rings is 1. The smallest absolute Gasteiger partial charge is 0.415 e. The van der Waals surface area contributed by atoms with E-state index in [1.54, 1.807) is 52.0 Å². The number of hydrogen-bond acceptors (Lipinski definition) is 13. The molecule has 0 radical (unpaired) electrons. The Hall–Kier alpha value is -6.38. The minimum Gasteiger partial charge on any atom is -0.496 e. The topological polar surface area (TPSA) is 209 Å². The van der Waals surface area contributed by atoms with Crippen molar-refractivity contribution >= 4 is 47.6 Å². The summed E-state index contributed by atoms with van der Waals surface area (Å²) in [6.45, 7) is 13.6. The summed E-state index contributed by atoms with van der Waals surface area (Å²) in [5.41, 5.74) is 1.54. The molecular weight excluding hydrogens is 736 g/mol. The van der Waals surface area contributed by atoms with Crippen molar-refractivity contribution in [3.8, 4) is 16.9 Å². The lowest BCUT2D eigenvalue weighted by Gasteiger charge is -2.19. The third-order valence-corrected chi connectivity index (χ3v) is 8.64. The van der Waals surface area contributed by atoms with Crippen LogP contribution in [0.15, 0.2) is 55.1 Å². The molecule has 3 N–H and O–H groups in total. The minimum absolute atomic E-state index is 0.0572. The van der Waals surface area contributed by atoms with Crippen molar-refractivity contribution < 1.29 is 52.5 Å². The Morgan fingerprint density at radius 1 is 0.842 bits per heavy atom. The number of rotatable bonds is 17. The predicted molar refractivity (Wildman–Crippen MR) is 208 cm³/mol. The molecule has 3 aromatic rings. The van der Waals surface area contributed by atoms with Crippen LogP contribution in [0, 0.1) is 23.2 Å². The first kappa shape index (κ1) is 43.3. The molecule has 1 saturated carbocycles. The number of carbonyl (C=O) groups is 6. The zero-order chi connectivity index (χ0) is 42.0. The standard InChI is InChI=1S/C42H48N4O11/c1-9-28-19-32(34(47)18-26-12-14-29(15-13-26)37(43)46-42(52)57-25(7)55-40(50)23(4)5)31(20-35(28)53-8)30-16-17-33(38(48)44-21-27-10-11-27)45-36(30)41(51)56-24(6)54-39(49)22(2)3/h9,12-17,19-20,22-25,27H,1,10-11,18,21H2,2-8H3,(H,44,48)(H2,43,46,52). The van der Waals surface area contributed by atoms with Gasteiger partial charge >= 0.3 is 24.0 Å². The number of amidine groups is 1. The number of methoxy groups -OCH3 is 1. The number of ketones is 1. The lowest BCUT2D eigenvalue weighted by Crippen LogP contribution is -2.35. The van der Waals surface area contributed by atoms with Gasteiger partial charge in [-0.1, -0.05) is 64.6 Å². The molecule has 0 aliphatic heterocycles. The van der Waals surface area contributed by atoms with Gasteiger partial charge in [0, 0.05) is 49.1 Å². The fraction of sp³-hybridized carbons (Fsp3) is 0.381. The summed E-state index contributed by atoms with van der Waals surface area (Å²) >= 11 is 0. The van der Waals surface area contributed by atoms with E-state index in [1.807, 2.05) is 0 Å². The SMILES string of the molecule is C=Cc1cc(C(=O)Cc2ccc(C(=N)NC(=O)OC(C)OC(=O)C(C)C)cc2)c(-c2ccc(C(=O)NCC3CC3)nc2C(=O)OC(C)OC(=O)C(C)C)cc1OC. The van der Waals surface area contributed by atoms with E-state index in [0.717, 1.165) is 12.8 Å². The molecule has 57 heavy (non-hydrogen) atoms. The summed E-state index contributed by atoms with van der Waals surface area (Å²) in [6, 6.07) is 12.4. The Morgan fingerprint density at radius 2 is 1.46 bits per heavy atom. The molecule has 2 atom stereocenters. The van der Waals surface area contributed by atoms with Crippen molar-refractivity contribution in [2.75, 3.05) is 13.7 Å². The first-order valence-corrected chi connectivity index (χ1v) is 18.5. The molecule has 1 fully saturated rings. The zero-order valence-corrected chi connectivity index (χ0v) is 33.1. The molecule has 2 amide bonds. The number of Topliss-reactive ketones (excluding diaryl/α,β-unsaturated/α-hetero) is 1. The molecule has 0 saturated heterocycles. The number of alkyl carbamates (subject to hydrolysis) is 1. The summed E-state index contributed by atoms with van der Waals surface area (Å²) < 4.78 is 26.3. The summed E-state index contributed by atoms with van der Waals surface area (Å²) in [7, 11) is 1.44. The second-order valence-corrected chi connectivity index (χ2v) is 14.0. The van der Waals surface area contributed by atoms with E-state index >= 15 is 0 Å². The molecule has 0 spiro atoms. The van der Waals surface area contributed by atoms with Gasteiger partial charge in [0.25, 0.3) is 5.91 Å². The van der Waals surface area contributed by atoms with E-state index in [2.05, 4.69) is 22.2 Å². The Kier molecular flexibility index (Phi) is 14.8. The van der Waals surface area contributed by atoms with Gasteiger partial charge in [-0.25, -0.2) is 14.6 Å². The van der Waals surface area contributed by atoms with Crippen LogP contribution in [0.25, 0.3) is 17.2 Å². The third-order valence-electron chi connectivity index (χ3n) is 8.64. The largest absolute Gasteiger partial charge is 0.496 e. The molecule has 1 aromatic heterocycles. The highest BCUT2D eigenvalue weighted by atomic mass is 16.7. The molecule has 302 valence electrons. The highest BCUT2D eigenvalue weighted by Crippen LogP contribution is 2.35. The molecule has 1 aliphatic carbocycles. The maximum atomic E-state index is 14.2. The molecule has 2 unspecified atom stereocenters. The molecule has 1 heterocycles. The number of ether oxygens (including phenoxy) is 5. The number of carbonyl (C=O) groups excluding carboxylic acids is 6. The second kappa shape index (κ2) is 19.5. The average Bonchev–Trinajstić information content (AvgIpc) is 4.00. The molecule has 1 aliphatic rings. The highest BCUT2D eigenvalue weighted by Gasteiger charge is 2.28. The van der Waals surface area contributed by atoms with Crippen molar-refractivity contribution in [3.63, 3.8) is 0 Å². The maximum absolute atomic E-state index is 14.2. The van der Waals surface area contributed by atoms with E-state index < -0.39 is 54.3 Å². The number of esters is 3. The maximum Gasteiger partial charge on any atom is 0.415 e. The first-order valence-electron chi connectivity index (χ1n) is 18.5. The average molecular weight is 785 g/mol. The van der Waals surface area contributed by atoms with Crippen molar-refractivity contribution in [2.24, 2.45) is 17.8 Å². The van der Waals surface area contributed by atoms with E-state index in [9.17, 15) is 28.8 Å². The van der Waals surface area contributed by atoms with Crippen LogP contribution < -0.4 is 15.4 Å². The van der Waals surface area contributed by atoms with E-state index in [0.29, 0.717) is 34.9 Å².